The fraction of sp³-hybridized carbons (Fsp3) is 0.176. The third kappa shape index (κ3) is 2.21. The van der Waals surface area contributed by atoms with Crippen molar-refractivity contribution in [2.75, 3.05) is 7.11 Å². The Morgan fingerprint density at radius 3 is 2.96 bits per heavy atom. The highest BCUT2D eigenvalue weighted by atomic mass is 16.5. The molecule has 0 aliphatic rings. The van der Waals surface area contributed by atoms with Gasteiger partial charge in [0.15, 0.2) is 0 Å². The van der Waals surface area contributed by atoms with E-state index in [0.29, 0.717) is 13.0 Å². The van der Waals surface area contributed by atoms with Crippen LogP contribution in [0.4, 0.5) is 0 Å². The lowest BCUT2D eigenvalue weighted by Gasteiger charge is -2.03. The smallest absolute Gasteiger partial charge is 0.422 e. The molecule has 0 aliphatic heterocycles. The van der Waals surface area contributed by atoms with Gasteiger partial charge in [-0.3, -0.25) is 4.79 Å². The third-order valence-electron chi connectivity index (χ3n) is 4.05. The molecule has 3 heterocycles. The second-order valence-electron chi connectivity index (χ2n) is 5.41. The number of H-pyrrole nitrogens is 1. The molecule has 0 saturated carbocycles. The van der Waals surface area contributed by atoms with E-state index >= 15 is 0 Å². The summed E-state index contributed by atoms with van der Waals surface area (Å²) in [6.45, 7) is 0.336. The molecule has 1 aromatic carbocycles. The lowest BCUT2D eigenvalue weighted by atomic mass is 10.1. The molecule has 7 heteroatoms. The third-order valence-corrected chi connectivity index (χ3v) is 4.05. The molecule has 122 valence electrons. The first-order valence-electron chi connectivity index (χ1n) is 7.42. The number of methoxy groups -OCH3 is 1. The molecular formula is C17H14N2O5. The number of ether oxygens (including phenoxy) is 1. The topological polar surface area (TPSA) is 90.4 Å². The van der Waals surface area contributed by atoms with Gasteiger partial charge in [-0.25, -0.2) is 9.36 Å². The van der Waals surface area contributed by atoms with Crippen molar-refractivity contribution >= 4 is 22.2 Å². The highest BCUT2D eigenvalue weighted by Crippen LogP contribution is 2.24. The molecule has 0 bridgehead atoms. The molecule has 0 spiro atoms. The fourth-order valence-electron chi connectivity index (χ4n) is 2.82. The van der Waals surface area contributed by atoms with Crippen molar-refractivity contribution in [3.8, 4) is 5.75 Å². The summed E-state index contributed by atoms with van der Waals surface area (Å²) in [6.07, 6.45) is 3.72. The van der Waals surface area contributed by atoms with Gasteiger partial charge in [0.25, 0.3) is 5.71 Å². The predicted octanol–water partition coefficient (Wildman–Crippen LogP) is 2.28. The number of aromatic amines is 1. The molecule has 0 atom stereocenters. The quantitative estimate of drug-likeness (QED) is 0.621. The summed E-state index contributed by atoms with van der Waals surface area (Å²) in [6, 6.07) is 6.99. The number of oxazole rings is 1. The average Bonchev–Trinajstić information content (AvgIpc) is 3.14. The van der Waals surface area contributed by atoms with Gasteiger partial charge >= 0.3 is 5.76 Å². The summed E-state index contributed by atoms with van der Waals surface area (Å²) in [4.78, 5) is 26.9. The van der Waals surface area contributed by atoms with E-state index in [9.17, 15) is 9.59 Å². The second-order valence-corrected chi connectivity index (χ2v) is 5.41. The monoisotopic (exact) mass is 326 g/mol. The van der Waals surface area contributed by atoms with Crippen LogP contribution in [0.15, 0.2) is 55.1 Å². The molecule has 4 rings (SSSR count). The van der Waals surface area contributed by atoms with Crippen LogP contribution >= 0.6 is 0 Å². The minimum absolute atomic E-state index is 0.0527. The van der Waals surface area contributed by atoms with Crippen LogP contribution in [0.3, 0.4) is 0 Å². The van der Waals surface area contributed by atoms with Gasteiger partial charge in [0.1, 0.15) is 5.75 Å². The molecule has 1 N–H and O–H groups in total. The fourth-order valence-corrected chi connectivity index (χ4v) is 2.82. The van der Waals surface area contributed by atoms with E-state index in [1.165, 1.54) is 16.9 Å². The Morgan fingerprint density at radius 1 is 1.25 bits per heavy atom. The summed E-state index contributed by atoms with van der Waals surface area (Å²) >= 11 is 0. The van der Waals surface area contributed by atoms with E-state index in [2.05, 4.69) is 4.98 Å². The molecule has 0 unspecified atom stereocenters. The van der Waals surface area contributed by atoms with Gasteiger partial charge in [-0.1, -0.05) is 0 Å². The average molecular weight is 326 g/mol. The minimum atomic E-state index is -0.602. The van der Waals surface area contributed by atoms with Gasteiger partial charge in [0.05, 0.1) is 13.4 Å². The van der Waals surface area contributed by atoms with Crippen molar-refractivity contribution in [1.29, 1.82) is 0 Å². The Morgan fingerprint density at radius 2 is 2.12 bits per heavy atom. The molecule has 24 heavy (non-hydrogen) atoms. The highest BCUT2D eigenvalue weighted by molar-refractivity contribution is 5.84. The summed E-state index contributed by atoms with van der Waals surface area (Å²) in [5.41, 5.74) is 1.75. The van der Waals surface area contributed by atoms with Crippen LogP contribution in [0.25, 0.3) is 22.2 Å². The Bertz CT molecular complexity index is 1150. The van der Waals surface area contributed by atoms with Crippen LogP contribution in [-0.2, 0) is 13.0 Å². The maximum Gasteiger partial charge on any atom is 0.422 e. The second kappa shape index (κ2) is 5.45. The summed E-state index contributed by atoms with van der Waals surface area (Å²) in [5, 5.41) is 1.02. The largest absolute Gasteiger partial charge is 0.497 e. The predicted molar refractivity (Wildman–Crippen MR) is 87.6 cm³/mol. The maximum atomic E-state index is 12.0. The molecule has 0 radical (unpaired) electrons. The number of nitrogens with one attached hydrogen (secondary N) is 1. The number of fused-ring (bicyclic) bond motifs is 2. The number of hydrogen-bond acceptors (Lipinski definition) is 5. The van der Waals surface area contributed by atoms with E-state index < -0.39 is 5.76 Å². The molecule has 7 nitrogen and oxygen atoms in total. The van der Waals surface area contributed by atoms with E-state index in [1.54, 1.807) is 7.11 Å². The maximum absolute atomic E-state index is 12.0. The molecule has 0 amide bonds. The number of aromatic nitrogens is 2. The highest BCUT2D eigenvalue weighted by Gasteiger charge is 2.15. The van der Waals surface area contributed by atoms with Crippen LogP contribution in [0.5, 0.6) is 5.75 Å². The normalized spacial score (nSPS) is 11.4. The zero-order chi connectivity index (χ0) is 16.7. The van der Waals surface area contributed by atoms with Crippen molar-refractivity contribution in [2.45, 2.75) is 13.0 Å². The van der Waals surface area contributed by atoms with E-state index in [-0.39, 0.29) is 16.7 Å². The molecule has 0 saturated heterocycles. The standard InChI is InChI=1S/C17H14N2O5/c1-22-11-2-3-13-12(8-11)10(9-18-13)4-6-19-16-15(24-17(19)21)14(20)5-7-23-16/h2-3,5,7-9,18H,4,6H2,1H3. The Balaban J connectivity index is 1.71. The van der Waals surface area contributed by atoms with Crippen LogP contribution in [0.2, 0.25) is 0 Å². The molecule has 3 aromatic heterocycles. The first kappa shape index (κ1) is 14.4. The van der Waals surface area contributed by atoms with Gasteiger partial charge < -0.3 is 18.6 Å². The summed E-state index contributed by atoms with van der Waals surface area (Å²) < 4.78 is 16.9. The van der Waals surface area contributed by atoms with Crippen molar-refractivity contribution in [3.63, 3.8) is 0 Å². The minimum Gasteiger partial charge on any atom is -0.497 e. The Kier molecular flexibility index (Phi) is 3.26. The lowest BCUT2D eigenvalue weighted by Crippen LogP contribution is -2.15. The first-order valence-corrected chi connectivity index (χ1v) is 7.42. The molecule has 4 aromatic rings. The van der Waals surface area contributed by atoms with E-state index in [1.807, 2.05) is 24.4 Å². The molecule has 0 fully saturated rings. The molecular weight excluding hydrogens is 312 g/mol. The molecule has 0 aliphatic carbocycles. The van der Waals surface area contributed by atoms with Crippen molar-refractivity contribution < 1.29 is 13.6 Å². The summed E-state index contributed by atoms with van der Waals surface area (Å²) in [7, 11) is 1.62. The number of hydrogen-bond donors (Lipinski definition) is 1. The number of aryl methyl sites for hydroxylation is 2. The van der Waals surface area contributed by atoms with Crippen LogP contribution in [-0.4, -0.2) is 16.7 Å². The van der Waals surface area contributed by atoms with Crippen LogP contribution in [0, 0.1) is 0 Å². The van der Waals surface area contributed by atoms with E-state index in [0.717, 1.165) is 22.2 Å². The van der Waals surface area contributed by atoms with Crippen molar-refractivity contribution in [2.24, 2.45) is 0 Å². The Hall–Kier alpha value is -3.22. The van der Waals surface area contributed by atoms with Gasteiger partial charge in [-0.2, -0.15) is 0 Å². The van der Waals surface area contributed by atoms with Crippen molar-refractivity contribution in [1.82, 2.24) is 9.55 Å². The number of benzene rings is 1. The first-order chi connectivity index (χ1) is 11.7. The van der Waals surface area contributed by atoms with Gasteiger partial charge in [0, 0.05) is 29.7 Å². The SMILES string of the molecule is COc1ccc2[nH]cc(CCn3c(=O)oc4c(=O)ccoc43)c2c1. The summed E-state index contributed by atoms with van der Waals surface area (Å²) in [5.74, 6) is 0.162. The number of nitrogens with zero attached hydrogens (tertiary/aromatic N) is 1. The number of rotatable bonds is 4. The zero-order valence-corrected chi connectivity index (χ0v) is 12.9. The van der Waals surface area contributed by atoms with E-state index in [4.69, 9.17) is 13.6 Å². The van der Waals surface area contributed by atoms with Gasteiger partial charge in [0.2, 0.25) is 11.0 Å². The van der Waals surface area contributed by atoms with Crippen LogP contribution < -0.4 is 15.9 Å². The Labute approximate surface area is 135 Å². The lowest BCUT2D eigenvalue weighted by molar-refractivity contribution is 0.415. The van der Waals surface area contributed by atoms with Crippen molar-refractivity contribution in [3.05, 3.63) is 63.1 Å². The van der Waals surface area contributed by atoms with Crippen LogP contribution in [0.1, 0.15) is 5.56 Å². The van der Waals surface area contributed by atoms with Gasteiger partial charge in [-0.15, -0.1) is 0 Å². The van der Waals surface area contributed by atoms with Gasteiger partial charge in [-0.05, 0) is 30.2 Å². The zero-order valence-electron chi connectivity index (χ0n) is 12.9.